The van der Waals surface area contributed by atoms with Gasteiger partial charge in [-0.05, 0) is 6.42 Å². The van der Waals surface area contributed by atoms with E-state index in [0.29, 0.717) is 19.4 Å². The van der Waals surface area contributed by atoms with Gasteiger partial charge in [-0.15, -0.1) is 0 Å². The lowest BCUT2D eigenvalue weighted by Gasteiger charge is -2.28. The molecule has 0 aromatic rings. The summed E-state index contributed by atoms with van der Waals surface area (Å²) < 4.78 is 22.9. The summed E-state index contributed by atoms with van der Waals surface area (Å²) in [5.74, 6) is -0.0448. The van der Waals surface area contributed by atoms with Crippen molar-refractivity contribution in [2.75, 3.05) is 13.6 Å². The average Bonchev–Trinajstić information content (AvgIpc) is 2.03. The molecule has 1 heterocycles. The van der Waals surface area contributed by atoms with Gasteiger partial charge in [-0.2, -0.15) is 12.7 Å². The van der Waals surface area contributed by atoms with Crippen molar-refractivity contribution in [1.82, 2.24) is 9.62 Å². The fraction of sp³-hybridized carbons (Fsp3) is 0.833. The molecular weight excluding hydrogens is 216 g/mol. The molecule has 1 atom stereocenters. The standard InChI is InChI=1S/C6H11ClN2O3S/c1-9(13(7,11)12)5-2-3-6(10)8-4-5/h5H,2-4H2,1H3,(H,8,10). The van der Waals surface area contributed by atoms with Crippen LogP contribution in [0, 0.1) is 0 Å². The quantitative estimate of drug-likeness (QED) is 0.657. The zero-order valence-corrected chi connectivity index (χ0v) is 8.73. The third-order valence-corrected chi connectivity index (χ3v) is 3.74. The van der Waals surface area contributed by atoms with Gasteiger partial charge < -0.3 is 5.32 Å². The number of piperidine rings is 1. The van der Waals surface area contributed by atoms with Crippen molar-refractivity contribution < 1.29 is 13.2 Å². The highest BCUT2D eigenvalue weighted by molar-refractivity contribution is 8.11. The zero-order chi connectivity index (χ0) is 10.1. The number of hydrogen-bond acceptors (Lipinski definition) is 3. The van der Waals surface area contributed by atoms with Crippen LogP contribution < -0.4 is 5.32 Å². The summed E-state index contributed by atoms with van der Waals surface area (Å²) in [5.41, 5.74) is 0. The number of nitrogens with one attached hydrogen (secondary N) is 1. The third kappa shape index (κ3) is 2.82. The van der Waals surface area contributed by atoms with E-state index < -0.39 is 9.24 Å². The van der Waals surface area contributed by atoms with Crippen molar-refractivity contribution in [2.45, 2.75) is 18.9 Å². The monoisotopic (exact) mass is 226 g/mol. The van der Waals surface area contributed by atoms with E-state index in [4.69, 9.17) is 10.7 Å². The molecule has 0 spiro atoms. The minimum Gasteiger partial charge on any atom is -0.354 e. The van der Waals surface area contributed by atoms with Gasteiger partial charge in [0, 0.05) is 36.7 Å². The van der Waals surface area contributed by atoms with Crippen molar-refractivity contribution in [3.8, 4) is 0 Å². The number of likely N-dealkylation sites (N-methyl/N-ethyl adjacent to an activating group) is 1. The van der Waals surface area contributed by atoms with Crippen molar-refractivity contribution in [3.63, 3.8) is 0 Å². The zero-order valence-electron chi connectivity index (χ0n) is 7.16. The highest BCUT2D eigenvalue weighted by Crippen LogP contribution is 2.14. The molecule has 1 fully saturated rings. The van der Waals surface area contributed by atoms with Gasteiger partial charge in [-0.3, -0.25) is 4.79 Å². The first-order valence-electron chi connectivity index (χ1n) is 3.85. The number of halogens is 1. The molecule has 1 N–H and O–H groups in total. The van der Waals surface area contributed by atoms with Crippen LogP contribution in [-0.4, -0.2) is 38.3 Å². The van der Waals surface area contributed by atoms with Gasteiger partial charge in [0.05, 0.1) is 0 Å². The second-order valence-corrected chi connectivity index (χ2v) is 5.53. The number of carbonyl (C=O) groups is 1. The molecule has 5 nitrogen and oxygen atoms in total. The maximum atomic E-state index is 10.9. The number of hydrogen-bond donors (Lipinski definition) is 1. The summed E-state index contributed by atoms with van der Waals surface area (Å²) in [6.45, 7) is 0.335. The normalized spacial score (nSPS) is 24.5. The molecule has 1 unspecified atom stereocenters. The first-order valence-corrected chi connectivity index (χ1v) is 6.12. The van der Waals surface area contributed by atoms with Crippen molar-refractivity contribution in [3.05, 3.63) is 0 Å². The number of carbonyl (C=O) groups excluding carboxylic acids is 1. The highest BCUT2D eigenvalue weighted by atomic mass is 35.7. The van der Waals surface area contributed by atoms with E-state index in [9.17, 15) is 13.2 Å². The van der Waals surface area contributed by atoms with Crippen LogP contribution in [0.5, 0.6) is 0 Å². The third-order valence-electron chi connectivity index (χ3n) is 2.10. The second-order valence-electron chi connectivity index (χ2n) is 2.95. The molecule has 1 rings (SSSR count). The van der Waals surface area contributed by atoms with Crippen LogP contribution in [0.4, 0.5) is 0 Å². The van der Waals surface area contributed by atoms with Crippen LogP contribution in [-0.2, 0) is 14.0 Å². The van der Waals surface area contributed by atoms with Crippen LogP contribution in [0.15, 0.2) is 0 Å². The fourth-order valence-corrected chi connectivity index (χ4v) is 2.08. The second kappa shape index (κ2) is 3.81. The Kier molecular flexibility index (Phi) is 3.15. The van der Waals surface area contributed by atoms with Crippen molar-refractivity contribution in [2.24, 2.45) is 0 Å². The summed E-state index contributed by atoms with van der Waals surface area (Å²) >= 11 is 0. The lowest BCUT2D eigenvalue weighted by molar-refractivity contribution is -0.122. The number of rotatable bonds is 2. The van der Waals surface area contributed by atoms with Gasteiger partial charge in [-0.25, -0.2) is 0 Å². The number of nitrogens with zero attached hydrogens (tertiary/aromatic N) is 1. The summed E-state index contributed by atoms with van der Waals surface area (Å²) in [6.07, 6.45) is 0.871. The molecule has 1 saturated heterocycles. The molecule has 1 aliphatic heterocycles. The molecule has 0 aliphatic carbocycles. The van der Waals surface area contributed by atoms with E-state index in [0.717, 1.165) is 4.31 Å². The Labute approximate surface area is 81.6 Å². The lowest BCUT2D eigenvalue weighted by Crippen LogP contribution is -2.47. The van der Waals surface area contributed by atoms with E-state index in [-0.39, 0.29) is 11.9 Å². The van der Waals surface area contributed by atoms with Gasteiger partial charge in [0.1, 0.15) is 0 Å². The Morgan fingerprint density at radius 3 is 2.62 bits per heavy atom. The molecule has 1 aliphatic rings. The minimum atomic E-state index is -3.67. The molecule has 0 aromatic heterocycles. The Balaban J connectivity index is 2.59. The molecule has 7 heteroatoms. The molecule has 1 amide bonds. The van der Waals surface area contributed by atoms with Gasteiger partial charge in [-0.1, -0.05) is 0 Å². The van der Waals surface area contributed by atoms with Crippen molar-refractivity contribution >= 4 is 25.8 Å². The first kappa shape index (κ1) is 10.7. The highest BCUT2D eigenvalue weighted by Gasteiger charge is 2.27. The Morgan fingerprint density at radius 1 is 1.62 bits per heavy atom. The van der Waals surface area contributed by atoms with E-state index in [1.807, 2.05) is 0 Å². The van der Waals surface area contributed by atoms with Gasteiger partial charge in [0.15, 0.2) is 0 Å². The minimum absolute atomic E-state index is 0.0448. The smallest absolute Gasteiger partial charge is 0.299 e. The SMILES string of the molecule is CN(C1CCC(=O)NC1)S(=O)(=O)Cl. The first-order chi connectivity index (χ1) is 5.91. The Morgan fingerprint density at radius 2 is 2.23 bits per heavy atom. The Bertz CT molecular complexity index is 293. The maximum absolute atomic E-state index is 10.9. The lowest BCUT2D eigenvalue weighted by atomic mass is 10.1. The molecule has 0 bridgehead atoms. The van der Waals surface area contributed by atoms with Crippen LogP contribution in [0.1, 0.15) is 12.8 Å². The van der Waals surface area contributed by atoms with Crippen LogP contribution >= 0.6 is 10.7 Å². The molecule has 13 heavy (non-hydrogen) atoms. The summed E-state index contributed by atoms with van der Waals surface area (Å²) in [7, 11) is 2.88. The van der Waals surface area contributed by atoms with Gasteiger partial charge >= 0.3 is 0 Å². The van der Waals surface area contributed by atoms with Crippen LogP contribution in [0.2, 0.25) is 0 Å². The number of amides is 1. The summed E-state index contributed by atoms with van der Waals surface area (Å²) in [5, 5.41) is 2.58. The maximum Gasteiger partial charge on any atom is 0.299 e. The topological polar surface area (TPSA) is 66.5 Å². The van der Waals surface area contributed by atoms with Crippen LogP contribution in [0.25, 0.3) is 0 Å². The van der Waals surface area contributed by atoms with Gasteiger partial charge in [0.2, 0.25) is 5.91 Å². The largest absolute Gasteiger partial charge is 0.354 e. The van der Waals surface area contributed by atoms with Crippen molar-refractivity contribution in [1.29, 1.82) is 0 Å². The fourth-order valence-electron chi connectivity index (χ4n) is 1.21. The molecule has 0 aromatic carbocycles. The predicted octanol–water partition coefficient (Wildman–Crippen LogP) is -0.320. The van der Waals surface area contributed by atoms with E-state index in [1.165, 1.54) is 7.05 Å². The molecule has 0 radical (unpaired) electrons. The Hall–Kier alpha value is -0.330. The summed E-state index contributed by atoms with van der Waals surface area (Å²) in [6, 6.07) is -0.222. The summed E-state index contributed by atoms with van der Waals surface area (Å²) in [4.78, 5) is 10.8. The average molecular weight is 227 g/mol. The van der Waals surface area contributed by atoms with Crippen LogP contribution in [0.3, 0.4) is 0 Å². The molecule has 0 saturated carbocycles. The van der Waals surface area contributed by atoms with E-state index in [2.05, 4.69) is 5.32 Å². The van der Waals surface area contributed by atoms with Gasteiger partial charge in [0.25, 0.3) is 9.24 Å². The molecular formula is C6H11ClN2O3S. The predicted molar refractivity (Wildman–Crippen MR) is 48.6 cm³/mol. The van der Waals surface area contributed by atoms with E-state index in [1.54, 1.807) is 0 Å². The van der Waals surface area contributed by atoms with E-state index >= 15 is 0 Å². The molecule has 76 valence electrons.